The van der Waals surface area contributed by atoms with E-state index in [1.54, 1.807) is 13.3 Å². The fraction of sp³-hybridized carbons (Fsp3) is 0.143. The number of nitrogens with zero attached hydrogens (tertiary/aromatic N) is 2. The summed E-state index contributed by atoms with van der Waals surface area (Å²) in [4.78, 5) is 4.01. The van der Waals surface area contributed by atoms with E-state index in [2.05, 4.69) is 31.1 Å². The molecule has 0 unspecified atom stereocenters. The van der Waals surface area contributed by atoms with Gasteiger partial charge in [0.25, 0.3) is 0 Å². The molecule has 0 bridgehead atoms. The molecule has 0 amide bonds. The average molecular weight is 228 g/mol. The quantitative estimate of drug-likeness (QED) is 0.808. The number of aromatic amines is 1. The fourth-order valence-electron chi connectivity index (χ4n) is 1.03. The number of pyridine rings is 1. The maximum atomic E-state index is 5.03. The van der Waals surface area contributed by atoms with Crippen molar-refractivity contribution in [1.29, 1.82) is 0 Å². The van der Waals surface area contributed by atoms with E-state index in [0.29, 0.717) is 5.88 Å². The molecule has 0 aliphatic carbocycles. The maximum Gasteiger partial charge on any atom is 0.242 e. The van der Waals surface area contributed by atoms with E-state index in [1.165, 1.54) is 0 Å². The highest BCUT2D eigenvalue weighted by molar-refractivity contribution is 9.10. The van der Waals surface area contributed by atoms with Gasteiger partial charge in [0.05, 0.1) is 7.11 Å². The summed E-state index contributed by atoms with van der Waals surface area (Å²) in [6.45, 7) is 0. The predicted octanol–water partition coefficient (Wildman–Crippen LogP) is 1.73. The van der Waals surface area contributed by atoms with Crippen LogP contribution in [0.25, 0.3) is 10.9 Å². The van der Waals surface area contributed by atoms with Crippen molar-refractivity contribution in [3.63, 3.8) is 0 Å². The fourth-order valence-corrected chi connectivity index (χ4v) is 1.44. The van der Waals surface area contributed by atoms with Crippen molar-refractivity contribution in [3.8, 4) is 5.88 Å². The van der Waals surface area contributed by atoms with Crippen LogP contribution in [0.2, 0.25) is 0 Å². The first-order valence-corrected chi connectivity index (χ1v) is 4.15. The third kappa shape index (κ3) is 0.972. The largest absolute Gasteiger partial charge is 0.479 e. The zero-order valence-electron chi connectivity index (χ0n) is 6.34. The van der Waals surface area contributed by atoms with Crippen LogP contribution in [-0.2, 0) is 0 Å². The van der Waals surface area contributed by atoms with Gasteiger partial charge >= 0.3 is 0 Å². The van der Waals surface area contributed by atoms with Gasteiger partial charge < -0.3 is 4.74 Å². The van der Waals surface area contributed by atoms with Gasteiger partial charge in [0, 0.05) is 11.6 Å². The summed E-state index contributed by atoms with van der Waals surface area (Å²) in [6.07, 6.45) is 1.68. The number of nitrogens with one attached hydrogen (secondary N) is 1. The van der Waals surface area contributed by atoms with Crippen molar-refractivity contribution < 1.29 is 4.74 Å². The van der Waals surface area contributed by atoms with Crippen LogP contribution < -0.4 is 4.74 Å². The van der Waals surface area contributed by atoms with Crippen molar-refractivity contribution >= 4 is 26.8 Å². The van der Waals surface area contributed by atoms with E-state index in [1.807, 2.05) is 6.07 Å². The molecule has 0 saturated heterocycles. The molecular weight excluding hydrogens is 222 g/mol. The summed E-state index contributed by atoms with van der Waals surface area (Å²) >= 11 is 3.33. The van der Waals surface area contributed by atoms with Crippen LogP contribution in [0.3, 0.4) is 0 Å². The SMILES string of the molecule is COc1nccc2c(Br)[nH]nc12. The Morgan fingerprint density at radius 3 is 3.17 bits per heavy atom. The number of aromatic nitrogens is 3. The molecule has 0 saturated carbocycles. The molecular formula is C7H6BrN3O. The normalized spacial score (nSPS) is 10.5. The molecule has 2 aromatic rings. The van der Waals surface area contributed by atoms with Gasteiger partial charge in [0.2, 0.25) is 5.88 Å². The number of ether oxygens (including phenoxy) is 1. The topological polar surface area (TPSA) is 50.8 Å². The van der Waals surface area contributed by atoms with Gasteiger partial charge in [-0.05, 0) is 22.0 Å². The Balaban J connectivity index is 2.81. The van der Waals surface area contributed by atoms with Crippen molar-refractivity contribution in [2.75, 3.05) is 7.11 Å². The molecule has 4 nitrogen and oxygen atoms in total. The zero-order valence-corrected chi connectivity index (χ0v) is 7.92. The van der Waals surface area contributed by atoms with Gasteiger partial charge in [0.15, 0.2) is 5.52 Å². The Morgan fingerprint density at radius 1 is 1.58 bits per heavy atom. The molecule has 0 aromatic carbocycles. The lowest BCUT2D eigenvalue weighted by atomic mass is 10.3. The third-order valence-corrected chi connectivity index (χ3v) is 2.19. The first-order chi connectivity index (χ1) is 5.83. The number of fused-ring (bicyclic) bond motifs is 1. The number of hydrogen-bond acceptors (Lipinski definition) is 3. The molecule has 62 valence electrons. The van der Waals surface area contributed by atoms with Crippen molar-refractivity contribution in [3.05, 3.63) is 16.9 Å². The van der Waals surface area contributed by atoms with Crippen LogP contribution in [0.5, 0.6) is 5.88 Å². The van der Waals surface area contributed by atoms with E-state index in [9.17, 15) is 0 Å². The van der Waals surface area contributed by atoms with E-state index >= 15 is 0 Å². The second-order valence-corrected chi connectivity index (χ2v) is 3.05. The molecule has 0 radical (unpaired) electrons. The van der Waals surface area contributed by atoms with Crippen LogP contribution in [0, 0.1) is 0 Å². The highest BCUT2D eigenvalue weighted by Crippen LogP contribution is 2.25. The average Bonchev–Trinajstić information content (AvgIpc) is 2.48. The number of halogens is 1. The van der Waals surface area contributed by atoms with Gasteiger partial charge in [-0.25, -0.2) is 4.98 Å². The molecule has 2 rings (SSSR count). The van der Waals surface area contributed by atoms with E-state index in [4.69, 9.17) is 4.74 Å². The van der Waals surface area contributed by atoms with Crippen molar-refractivity contribution in [2.45, 2.75) is 0 Å². The first kappa shape index (κ1) is 7.54. The monoisotopic (exact) mass is 227 g/mol. The molecule has 0 aliphatic rings. The molecule has 0 aliphatic heterocycles. The molecule has 12 heavy (non-hydrogen) atoms. The van der Waals surface area contributed by atoms with Crippen LogP contribution >= 0.6 is 15.9 Å². The smallest absolute Gasteiger partial charge is 0.242 e. The Morgan fingerprint density at radius 2 is 2.42 bits per heavy atom. The van der Waals surface area contributed by atoms with E-state index < -0.39 is 0 Å². The van der Waals surface area contributed by atoms with Gasteiger partial charge in [-0.2, -0.15) is 5.10 Å². The van der Waals surface area contributed by atoms with Crippen molar-refractivity contribution in [2.24, 2.45) is 0 Å². The van der Waals surface area contributed by atoms with Gasteiger partial charge in [0.1, 0.15) is 4.60 Å². The highest BCUT2D eigenvalue weighted by atomic mass is 79.9. The number of H-pyrrole nitrogens is 1. The van der Waals surface area contributed by atoms with Crippen LogP contribution in [0.4, 0.5) is 0 Å². The van der Waals surface area contributed by atoms with Crippen LogP contribution in [-0.4, -0.2) is 22.3 Å². The lowest BCUT2D eigenvalue weighted by molar-refractivity contribution is 0.402. The first-order valence-electron chi connectivity index (χ1n) is 3.35. The van der Waals surface area contributed by atoms with E-state index in [-0.39, 0.29) is 0 Å². The molecule has 1 N–H and O–H groups in total. The van der Waals surface area contributed by atoms with Crippen LogP contribution in [0.1, 0.15) is 0 Å². The molecule has 0 fully saturated rings. The van der Waals surface area contributed by atoms with Gasteiger partial charge in [-0.1, -0.05) is 0 Å². The Kier molecular flexibility index (Phi) is 1.73. The Labute approximate surface area is 77.1 Å². The maximum absolute atomic E-state index is 5.03. The second kappa shape index (κ2) is 2.75. The molecule has 0 spiro atoms. The standard InChI is InChI=1S/C7H6BrN3O/c1-12-7-5-4(2-3-9-7)6(8)11-10-5/h2-3H,1H3,(H,10,11). The molecule has 0 atom stereocenters. The summed E-state index contributed by atoms with van der Waals surface area (Å²) in [6, 6.07) is 1.87. The minimum absolute atomic E-state index is 0.537. The highest BCUT2D eigenvalue weighted by Gasteiger charge is 2.07. The Hall–Kier alpha value is -1.10. The summed E-state index contributed by atoms with van der Waals surface area (Å²) < 4.78 is 5.87. The van der Waals surface area contributed by atoms with Crippen LogP contribution in [0.15, 0.2) is 16.9 Å². The number of methoxy groups -OCH3 is 1. The van der Waals surface area contributed by atoms with E-state index in [0.717, 1.165) is 15.5 Å². The molecule has 2 heterocycles. The second-order valence-electron chi connectivity index (χ2n) is 2.25. The summed E-state index contributed by atoms with van der Waals surface area (Å²) in [5.74, 6) is 0.537. The third-order valence-electron chi connectivity index (χ3n) is 1.59. The Bertz CT molecular complexity index is 412. The summed E-state index contributed by atoms with van der Waals surface area (Å²) in [5.41, 5.74) is 0.742. The van der Waals surface area contributed by atoms with Gasteiger partial charge in [-0.15, -0.1) is 0 Å². The number of hydrogen-bond donors (Lipinski definition) is 1. The number of rotatable bonds is 1. The lowest BCUT2D eigenvalue weighted by Crippen LogP contribution is -1.87. The van der Waals surface area contributed by atoms with Gasteiger partial charge in [-0.3, -0.25) is 5.10 Å². The minimum Gasteiger partial charge on any atom is -0.479 e. The minimum atomic E-state index is 0.537. The molecule has 5 heteroatoms. The predicted molar refractivity (Wildman–Crippen MR) is 48.1 cm³/mol. The molecule has 2 aromatic heterocycles. The lowest BCUT2D eigenvalue weighted by Gasteiger charge is -1.96. The summed E-state index contributed by atoms with van der Waals surface area (Å²) in [5, 5.41) is 7.80. The van der Waals surface area contributed by atoms with Crippen molar-refractivity contribution in [1.82, 2.24) is 15.2 Å². The zero-order chi connectivity index (χ0) is 8.55. The summed E-state index contributed by atoms with van der Waals surface area (Å²) in [7, 11) is 1.57.